The molecule has 0 radical (unpaired) electrons. The first kappa shape index (κ1) is 9.78. The summed E-state index contributed by atoms with van der Waals surface area (Å²) in [4.78, 5) is 11.1. The minimum atomic E-state index is -3.19. The number of fused-ring (bicyclic) bond motifs is 2. The Morgan fingerprint density at radius 1 is 1.32 bits per heavy atom. The standard InChI is InChI=1S/C21H23NO3/c1-22(2)11-5-8-18-17-7-4-3-6-16(17)14-25-20-10-9-15(12-19(18)20)13-21(23)24/h3-4,6-10,12H,5,11,13-14H2,1-2H3,(H,23,24)/b18-8-/i1D3,2D3,11D2. The lowest BCUT2D eigenvalue weighted by Gasteiger charge is -2.13. The fraction of sp³-hybridized carbons (Fsp3) is 0.286. The van der Waals surface area contributed by atoms with Gasteiger partial charge in [0.05, 0.1) is 6.42 Å². The van der Waals surface area contributed by atoms with Crippen LogP contribution in [-0.2, 0) is 17.8 Å². The van der Waals surface area contributed by atoms with Crippen LogP contribution in [-0.4, -0.2) is 36.4 Å². The summed E-state index contributed by atoms with van der Waals surface area (Å²) in [5.74, 6) is -0.562. The summed E-state index contributed by atoms with van der Waals surface area (Å²) in [5.41, 5.74) is 3.02. The second-order valence-electron chi connectivity index (χ2n) is 5.66. The smallest absolute Gasteiger partial charge is 0.307 e. The predicted molar refractivity (Wildman–Crippen MR) is 98.8 cm³/mol. The summed E-state index contributed by atoms with van der Waals surface area (Å²) >= 11 is 0. The van der Waals surface area contributed by atoms with Crippen molar-refractivity contribution in [1.29, 1.82) is 0 Å². The molecule has 4 heteroatoms. The summed E-state index contributed by atoms with van der Waals surface area (Å²) in [5, 5.41) is 9.17. The van der Waals surface area contributed by atoms with Gasteiger partial charge in [-0.15, -0.1) is 0 Å². The van der Waals surface area contributed by atoms with Gasteiger partial charge >= 0.3 is 5.97 Å². The monoisotopic (exact) mass is 345 g/mol. The van der Waals surface area contributed by atoms with Gasteiger partial charge in [0.1, 0.15) is 12.4 Å². The second kappa shape index (κ2) is 7.53. The van der Waals surface area contributed by atoms with Crippen molar-refractivity contribution in [2.75, 3.05) is 20.4 Å². The molecular formula is C21H23NO3. The normalized spacial score (nSPS) is 20.9. The van der Waals surface area contributed by atoms with Gasteiger partial charge in [-0.05, 0) is 54.8 Å². The number of nitrogens with zero attached hydrogens (tertiary/aromatic N) is 1. The van der Waals surface area contributed by atoms with Gasteiger partial charge < -0.3 is 14.7 Å². The van der Waals surface area contributed by atoms with Crippen LogP contribution >= 0.6 is 0 Å². The maximum absolute atomic E-state index is 11.2. The van der Waals surface area contributed by atoms with Crippen LogP contribution in [0.4, 0.5) is 0 Å². The number of ether oxygens (including phenoxy) is 1. The molecule has 0 fully saturated rings. The molecule has 4 nitrogen and oxygen atoms in total. The van der Waals surface area contributed by atoms with Crippen molar-refractivity contribution >= 4 is 11.5 Å². The molecule has 0 bridgehead atoms. The lowest BCUT2D eigenvalue weighted by atomic mass is 9.92. The first-order valence-electron chi connectivity index (χ1n) is 11.8. The first-order chi connectivity index (χ1) is 15.2. The van der Waals surface area contributed by atoms with Crippen molar-refractivity contribution in [3.8, 4) is 5.75 Å². The van der Waals surface area contributed by atoms with Crippen molar-refractivity contribution in [2.45, 2.75) is 19.4 Å². The molecule has 0 amide bonds. The quantitative estimate of drug-likeness (QED) is 0.900. The van der Waals surface area contributed by atoms with Crippen LogP contribution in [0, 0.1) is 0 Å². The molecule has 1 N–H and O–H groups in total. The van der Waals surface area contributed by atoms with E-state index in [9.17, 15) is 4.79 Å². The van der Waals surface area contributed by atoms with Gasteiger partial charge in [-0.25, -0.2) is 0 Å². The van der Waals surface area contributed by atoms with Crippen LogP contribution < -0.4 is 4.74 Å². The van der Waals surface area contributed by atoms with E-state index in [1.54, 1.807) is 30.3 Å². The summed E-state index contributed by atoms with van der Waals surface area (Å²) in [6, 6.07) is 12.1. The SMILES string of the molecule is [2H]C([2H])([2H])N(C([2H])([2H])[2H])C([2H])([2H])C/C=C1/c2ccccc2COc2ccc(CC(=O)O)cc21. The first-order valence-corrected chi connectivity index (χ1v) is 7.77. The van der Waals surface area contributed by atoms with Crippen LogP contribution in [0.1, 0.15) is 39.6 Å². The van der Waals surface area contributed by atoms with Gasteiger partial charge in [-0.1, -0.05) is 36.4 Å². The van der Waals surface area contributed by atoms with Crippen molar-refractivity contribution in [1.82, 2.24) is 4.90 Å². The number of rotatable bonds is 5. The van der Waals surface area contributed by atoms with Crippen molar-refractivity contribution in [3.05, 3.63) is 70.8 Å². The summed E-state index contributed by atoms with van der Waals surface area (Å²) in [6.07, 6.45) is 0.673. The van der Waals surface area contributed by atoms with E-state index in [4.69, 9.17) is 20.8 Å². The van der Waals surface area contributed by atoms with Crippen LogP contribution in [0.25, 0.3) is 5.57 Å². The lowest BCUT2D eigenvalue weighted by Crippen LogP contribution is -2.12. The predicted octanol–water partition coefficient (Wildman–Crippen LogP) is 3.59. The molecule has 0 unspecified atom stereocenters. The molecule has 0 aliphatic carbocycles. The Kier molecular flexibility index (Phi) is 2.95. The highest BCUT2D eigenvalue weighted by molar-refractivity contribution is 5.85. The van der Waals surface area contributed by atoms with Crippen LogP contribution in [0.15, 0.2) is 48.5 Å². The minimum Gasteiger partial charge on any atom is -0.488 e. The zero-order chi connectivity index (χ0) is 24.6. The Morgan fingerprint density at radius 3 is 2.96 bits per heavy atom. The maximum Gasteiger partial charge on any atom is 0.307 e. The number of aliphatic carboxylic acids is 1. The summed E-state index contributed by atoms with van der Waals surface area (Å²) in [7, 11) is 0. The molecule has 1 aliphatic rings. The number of carboxylic acid groups (broad SMARTS) is 1. The molecular weight excluding hydrogens is 314 g/mol. The molecule has 0 saturated carbocycles. The highest BCUT2D eigenvalue weighted by Gasteiger charge is 2.19. The van der Waals surface area contributed by atoms with Gasteiger partial charge in [0.25, 0.3) is 0 Å². The molecule has 0 atom stereocenters. The molecule has 130 valence electrons. The topological polar surface area (TPSA) is 49.8 Å². The molecule has 0 spiro atoms. The fourth-order valence-electron chi connectivity index (χ4n) is 2.87. The Morgan fingerprint density at radius 2 is 2.16 bits per heavy atom. The van der Waals surface area contributed by atoms with E-state index in [-0.39, 0.29) is 17.9 Å². The van der Waals surface area contributed by atoms with Crippen LogP contribution in [0.5, 0.6) is 5.75 Å². The van der Waals surface area contributed by atoms with E-state index in [0.29, 0.717) is 28.0 Å². The van der Waals surface area contributed by atoms with E-state index < -0.39 is 32.8 Å². The lowest BCUT2D eigenvalue weighted by molar-refractivity contribution is -0.136. The van der Waals surface area contributed by atoms with Gasteiger partial charge in [0.2, 0.25) is 0 Å². The number of benzene rings is 2. The molecule has 0 aromatic heterocycles. The highest BCUT2D eigenvalue weighted by Crippen LogP contribution is 2.37. The molecule has 2 aromatic rings. The van der Waals surface area contributed by atoms with E-state index in [1.165, 1.54) is 6.08 Å². The zero-order valence-electron chi connectivity index (χ0n) is 21.5. The van der Waals surface area contributed by atoms with Crippen LogP contribution in [0.2, 0.25) is 0 Å². The largest absolute Gasteiger partial charge is 0.488 e. The fourth-order valence-corrected chi connectivity index (χ4v) is 2.87. The van der Waals surface area contributed by atoms with E-state index >= 15 is 0 Å². The van der Waals surface area contributed by atoms with E-state index in [2.05, 4.69) is 0 Å². The van der Waals surface area contributed by atoms with Gasteiger partial charge in [0, 0.05) is 23.0 Å². The maximum atomic E-state index is 11.2. The van der Waals surface area contributed by atoms with Gasteiger partial charge in [-0.2, -0.15) is 0 Å². The third kappa shape index (κ3) is 4.09. The Balaban J connectivity index is 2.13. The van der Waals surface area contributed by atoms with E-state index in [0.717, 1.165) is 5.56 Å². The zero-order valence-corrected chi connectivity index (χ0v) is 13.5. The third-order valence-electron chi connectivity index (χ3n) is 3.94. The highest BCUT2D eigenvalue weighted by atomic mass is 16.5. The number of hydrogen-bond donors (Lipinski definition) is 1. The molecule has 25 heavy (non-hydrogen) atoms. The van der Waals surface area contributed by atoms with Gasteiger partial charge in [-0.3, -0.25) is 4.79 Å². The summed E-state index contributed by atoms with van der Waals surface area (Å²) < 4.78 is 67.8. The van der Waals surface area contributed by atoms with Crippen molar-refractivity contribution < 1.29 is 25.6 Å². The van der Waals surface area contributed by atoms with Gasteiger partial charge in [0.15, 0.2) is 0 Å². The Bertz CT molecular complexity index is 1060. The third-order valence-corrected chi connectivity index (χ3v) is 3.94. The van der Waals surface area contributed by atoms with Crippen molar-refractivity contribution in [3.63, 3.8) is 0 Å². The molecule has 3 rings (SSSR count). The molecule has 1 heterocycles. The van der Waals surface area contributed by atoms with Crippen molar-refractivity contribution in [2.24, 2.45) is 0 Å². The number of hydrogen-bond acceptors (Lipinski definition) is 3. The average Bonchev–Trinajstić information content (AvgIpc) is 2.79. The van der Waals surface area contributed by atoms with Crippen LogP contribution in [0.3, 0.4) is 0 Å². The Labute approximate surface area is 159 Å². The molecule has 1 aliphatic heterocycles. The second-order valence-corrected chi connectivity index (χ2v) is 5.66. The number of carboxylic acids is 1. The Hall–Kier alpha value is -2.59. The summed E-state index contributed by atoms with van der Waals surface area (Å²) in [6.45, 7) is -8.89. The average molecular weight is 345 g/mol. The minimum absolute atomic E-state index is 0.0784. The molecule has 0 saturated heterocycles. The molecule has 2 aromatic carbocycles. The number of carbonyl (C=O) groups is 1. The van der Waals surface area contributed by atoms with E-state index in [1.807, 2.05) is 12.1 Å².